The number of aromatic nitrogens is 2. The van der Waals surface area contributed by atoms with E-state index in [1.54, 1.807) is 0 Å². The van der Waals surface area contributed by atoms with Crippen molar-refractivity contribution in [1.29, 1.82) is 0 Å². The van der Waals surface area contributed by atoms with Crippen molar-refractivity contribution in [1.82, 2.24) is 10.2 Å². The summed E-state index contributed by atoms with van der Waals surface area (Å²) in [5.41, 5.74) is 4.25. The first-order valence-corrected chi connectivity index (χ1v) is 9.18. The molecule has 0 spiro atoms. The van der Waals surface area contributed by atoms with Gasteiger partial charge in [-0.15, -0.1) is 10.2 Å². The number of hydrogen-bond donors (Lipinski definition) is 1. The molecule has 1 N–H and O–H groups in total. The third kappa shape index (κ3) is 4.73. The summed E-state index contributed by atoms with van der Waals surface area (Å²) in [5, 5.41) is 12.6. The zero-order chi connectivity index (χ0) is 17.6. The highest BCUT2D eigenvalue weighted by atomic mass is 32.1. The van der Waals surface area contributed by atoms with E-state index in [4.69, 9.17) is 0 Å². The molecule has 0 saturated carbocycles. The summed E-state index contributed by atoms with van der Waals surface area (Å²) in [6, 6.07) is 16.1. The molecule has 0 fully saturated rings. The first-order valence-electron chi connectivity index (χ1n) is 8.37. The maximum atomic E-state index is 12.3. The number of hydrogen-bond acceptors (Lipinski definition) is 4. The summed E-state index contributed by atoms with van der Waals surface area (Å²) >= 11 is 1.44. The van der Waals surface area contributed by atoms with Crippen LogP contribution in [-0.2, 0) is 12.8 Å². The fourth-order valence-corrected chi connectivity index (χ4v) is 3.32. The average molecular weight is 351 g/mol. The number of carbonyl (C=O) groups excluding carboxylic acids is 1. The number of benzene rings is 2. The van der Waals surface area contributed by atoms with Crippen LogP contribution in [0.15, 0.2) is 48.5 Å². The molecule has 1 heterocycles. The summed E-state index contributed by atoms with van der Waals surface area (Å²) in [4.78, 5) is 12.3. The number of amides is 1. The smallest absolute Gasteiger partial charge is 0.257 e. The lowest BCUT2D eigenvalue weighted by Gasteiger charge is -2.04. The molecule has 5 heteroatoms. The van der Waals surface area contributed by atoms with Gasteiger partial charge in [0.1, 0.15) is 5.01 Å². The van der Waals surface area contributed by atoms with Crippen LogP contribution in [0.3, 0.4) is 0 Å². The molecule has 4 nitrogen and oxygen atoms in total. The van der Waals surface area contributed by atoms with Crippen LogP contribution in [0.2, 0.25) is 0 Å². The van der Waals surface area contributed by atoms with Crippen molar-refractivity contribution < 1.29 is 4.79 Å². The fourth-order valence-electron chi connectivity index (χ4n) is 2.55. The van der Waals surface area contributed by atoms with E-state index in [-0.39, 0.29) is 5.91 Å². The highest BCUT2D eigenvalue weighted by Gasteiger charge is 2.11. The van der Waals surface area contributed by atoms with E-state index in [2.05, 4.69) is 39.8 Å². The van der Waals surface area contributed by atoms with Crippen molar-refractivity contribution in [2.75, 3.05) is 5.32 Å². The first kappa shape index (κ1) is 17.3. The van der Waals surface area contributed by atoms with Crippen molar-refractivity contribution >= 4 is 22.4 Å². The Morgan fingerprint density at radius 3 is 2.56 bits per heavy atom. The Labute approximate surface area is 151 Å². The van der Waals surface area contributed by atoms with Gasteiger partial charge in [-0.1, -0.05) is 47.7 Å². The number of nitrogens with zero attached hydrogens (tertiary/aromatic N) is 2. The third-order valence-electron chi connectivity index (χ3n) is 4.16. The van der Waals surface area contributed by atoms with E-state index in [9.17, 15) is 4.79 Å². The van der Waals surface area contributed by atoms with Crippen LogP contribution >= 0.6 is 11.3 Å². The van der Waals surface area contributed by atoms with E-state index < -0.39 is 0 Å². The summed E-state index contributed by atoms with van der Waals surface area (Å²) in [7, 11) is 0. The molecule has 0 aliphatic heterocycles. The number of aryl methyl sites for hydroxylation is 4. The molecule has 128 valence electrons. The van der Waals surface area contributed by atoms with E-state index in [0.717, 1.165) is 29.8 Å². The largest absolute Gasteiger partial charge is 0.296 e. The SMILES string of the molecule is Cc1ccc(C(=O)Nc2nnc(CCCc3ccccc3)s2)cc1C. The Kier molecular flexibility index (Phi) is 5.56. The van der Waals surface area contributed by atoms with Crippen molar-refractivity contribution in [3.63, 3.8) is 0 Å². The minimum Gasteiger partial charge on any atom is -0.296 e. The van der Waals surface area contributed by atoms with Gasteiger partial charge in [0, 0.05) is 12.0 Å². The number of nitrogens with one attached hydrogen (secondary N) is 1. The van der Waals surface area contributed by atoms with Gasteiger partial charge in [0.25, 0.3) is 5.91 Å². The van der Waals surface area contributed by atoms with Gasteiger partial charge < -0.3 is 0 Å². The Morgan fingerprint density at radius 2 is 1.80 bits per heavy atom. The minimum absolute atomic E-state index is 0.143. The van der Waals surface area contributed by atoms with Gasteiger partial charge in [0.15, 0.2) is 0 Å². The second-order valence-electron chi connectivity index (χ2n) is 6.09. The third-order valence-corrected chi connectivity index (χ3v) is 5.05. The molecule has 0 saturated heterocycles. The predicted octanol–water partition coefficient (Wildman–Crippen LogP) is 4.58. The van der Waals surface area contributed by atoms with Crippen molar-refractivity contribution in [2.24, 2.45) is 0 Å². The molecular formula is C20H21N3OS. The lowest BCUT2D eigenvalue weighted by Crippen LogP contribution is -2.12. The molecule has 0 bridgehead atoms. The van der Waals surface area contributed by atoms with Crippen molar-refractivity contribution in [2.45, 2.75) is 33.1 Å². The summed E-state index contributed by atoms with van der Waals surface area (Å²) in [6.07, 6.45) is 2.90. The topological polar surface area (TPSA) is 54.9 Å². The van der Waals surface area contributed by atoms with Crippen LogP contribution in [0.5, 0.6) is 0 Å². The number of carbonyl (C=O) groups is 1. The molecular weight excluding hydrogens is 330 g/mol. The van der Waals surface area contributed by atoms with Gasteiger partial charge in [-0.2, -0.15) is 0 Å². The Bertz CT molecular complexity index is 858. The average Bonchev–Trinajstić information content (AvgIpc) is 3.05. The molecule has 0 aliphatic carbocycles. The molecule has 0 atom stereocenters. The van der Waals surface area contributed by atoms with Gasteiger partial charge in [0.2, 0.25) is 5.13 Å². The molecule has 0 aliphatic rings. The summed E-state index contributed by atoms with van der Waals surface area (Å²) < 4.78 is 0. The Balaban J connectivity index is 1.54. The lowest BCUT2D eigenvalue weighted by molar-refractivity contribution is 0.102. The zero-order valence-electron chi connectivity index (χ0n) is 14.5. The standard InChI is InChI=1S/C20H21N3OS/c1-14-11-12-17(13-15(14)2)19(24)21-20-23-22-18(25-20)10-6-9-16-7-4-3-5-8-16/h3-5,7-8,11-13H,6,9-10H2,1-2H3,(H,21,23,24). The van der Waals surface area contributed by atoms with E-state index in [1.165, 1.54) is 22.5 Å². The molecule has 25 heavy (non-hydrogen) atoms. The lowest BCUT2D eigenvalue weighted by atomic mass is 10.1. The van der Waals surface area contributed by atoms with E-state index >= 15 is 0 Å². The van der Waals surface area contributed by atoms with Crippen LogP contribution in [0.4, 0.5) is 5.13 Å². The molecule has 0 radical (unpaired) electrons. The van der Waals surface area contributed by atoms with Crippen LogP contribution in [0.25, 0.3) is 0 Å². The van der Waals surface area contributed by atoms with E-state index in [0.29, 0.717) is 10.7 Å². The van der Waals surface area contributed by atoms with Crippen LogP contribution in [0.1, 0.15) is 38.5 Å². The zero-order valence-corrected chi connectivity index (χ0v) is 15.3. The molecule has 1 aromatic heterocycles. The number of anilines is 1. The molecule has 3 rings (SSSR count). The maximum absolute atomic E-state index is 12.3. The fraction of sp³-hybridized carbons (Fsp3) is 0.250. The Hall–Kier alpha value is -2.53. The first-order chi connectivity index (χ1) is 12.1. The highest BCUT2D eigenvalue weighted by Crippen LogP contribution is 2.19. The van der Waals surface area contributed by atoms with Gasteiger partial charge >= 0.3 is 0 Å². The van der Waals surface area contributed by atoms with Gasteiger partial charge in [-0.05, 0) is 55.5 Å². The van der Waals surface area contributed by atoms with Gasteiger partial charge in [-0.3, -0.25) is 10.1 Å². The second-order valence-corrected chi connectivity index (χ2v) is 7.16. The van der Waals surface area contributed by atoms with Crippen LogP contribution in [0, 0.1) is 13.8 Å². The van der Waals surface area contributed by atoms with Gasteiger partial charge in [0.05, 0.1) is 0 Å². The van der Waals surface area contributed by atoms with Crippen molar-refractivity contribution in [3.05, 3.63) is 75.8 Å². The Morgan fingerprint density at radius 1 is 1.00 bits per heavy atom. The highest BCUT2D eigenvalue weighted by molar-refractivity contribution is 7.15. The molecule has 1 amide bonds. The second kappa shape index (κ2) is 8.03. The summed E-state index contributed by atoms with van der Waals surface area (Å²) in [5.74, 6) is -0.143. The molecule has 2 aromatic carbocycles. The molecule has 3 aromatic rings. The molecule has 0 unspecified atom stereocenters. The van der Waals surface area contributed by atoms with Gasteiger partial charge in [-0.25, -0.2) is 0 Å². The normalized spacial score (nSPS) is 10.6. The number of rotatable bonds is 6. The predicted molar refractivity (Wildman–Crippen MR) is 102 cm³/mol. The van der Waals surface area contributed by atoms with Crippen LogP contribution < -0.4 is 5.32 Å². The van der Waals surface area contributed by atoms with Crippen LogP contribution in [-0.4, -0.2) is 16.1 Å². The minimum atomic E-state index is -0.143. The van der Waals surface area contributed by atoms with E-state index in [1.807, 2.05) is 38.1 Å². The monoisotopic (exact) mass is 351 g/mol. The van der Waals surface area contributed by atoms with Crippen molar-refractivity contribution in [3.8, 4) is 0 Å². The maximum Gasteiger partial charge on any atom is 0.257 e. The quantitative estimate of drug-likeness (QED) is 0.707. The summed E-state index contributed by atoms with van der Waals surface area (Å²) in [6.45, 7) is 4.03.